The van der Waals surface area contributed by atoms with Gasteiger partial charge in [-0.15, -0.1) is 0 Å². The molecule has 2 amide bonds. The molecule has 0 radical (unpaired) electrons. The van der Waals surface area contributed by atoms with Crippen molar-refractivity contribution in [3.8, 4) is 5.75 Å². The van der Waals surface area contributed by atoms with Gasteiger partial charge in [-0.25, -0.2) is 0 Å². The van der Waals surface area contributed by atoms with Gasteiger partial charge in [-0.1, -0.05) is 34.1 Å². The van der Waals surface area contributed by atoms with Gasteiger partial charge >= 0.3 is 0 Å². The Bertz CT molecular complexity index is 820. The van der Waals surface area contributed by atoms with E-state index >= 15 is 0 Å². The first-order valence-electron chi connectivity index (χ1n) is 8.95. The number of hydrogen-bond donors (Lipinski definition) is 0. The fraction of sp³-hybridized carbons (Fsp3) is 0.333. The van der Waals surface area contributed by atoms with Crippen LogP contribution in [0.2, 0.25) is 0 Å². The van der Waals surface area contributed by atoms with Crippen LogP contribution in [-0.2, 0) is 4.79 Å². The molecule has 0 aromatic heterocycles. The minimum atomic E-state index is -0.124. The highest BCUT2D eigenvalue weighted by Gasteiger charge is 2.30. The van der Waals surface area contributed by atoms with Gasteiger partial charge in [0.05, 0.1) is 6.04 Å². The number of benzene rings is 2. The number of amides is 2. The van der Waals surface area contributed by atoms with Crippen LogP contribution in [0.1, 0.15) is 34.8 Å². The highest BCUT2D eigenvalue weighted by Crippen LogP contribution is 2.34. The molecule has 142 valence electrons. The van der Waals surface area contributed by atoms with E-state index in [2.05, 4.69) is 28.1 Å². The minimum Gasteiger partial charge on any atom is -0.484 e. The Labute approximate surface area is 168 Å². The second kappa shape index (κ2) is 8.57. The van der Waals surface area contributed by atoms with Crippen molar-refractivity contribution in [3.63, 3.8) is 0 Å². The lowest BCUT2D eigenvalue weighted by molar-refractivity contribution is -0.130. The topological polar surface area (TPSA) is 49.9 Å². The third-order valence-corrected chi connectivity index (χ3v) is 5.24. The number of ether oxygens (including phenoxy) is 1. The number of likely N-dealkylation sites (tertiary alicyclic amines) is 1. The van der Waals surface area contributed by atoms with E-state index in [0.717, 1.165) is 29.4 Å². The average Bonchev–Trinajstić information content (AvgIpc) is 3.16. The number of carbonyl (C=O) groups excluding carboxylic acids is 2. The van der Waals surface area contributed by atoms with Gasteiger partial charge in [0.2, 0.25) is 0 Å². The smallest absolute Gasteiger partial charge is 0.259 e. The molecule has 0 saturated carbocycles. The molecule has 1 atom stereocenters. The second-order valence-corrected chi connectivity index (χ2v) is 7.73. The standard InChI is InChI=1S/C21H23BrN2O3/c1-23(2)20(25)14-27-18-6-3-5-16(13-18)21(26)24-12-4-7-19(24)15-8-10-17(22)11-9-15/h3,5-6,8-11,13,19H,4,7,12,14H2,1-2H3. The molecule has 27 heavy (non-hydrogen) atoms. The molecule has 3 rings (SSSR count). The van der Waals surface area contributed by atoms with Gasteiger partial charge in [0, 0.05) is 30.7 Å². The molecule has 0 bridgehead atoms. The van der Waals surface area contributed by atoms with Crippen LogP contribution in [0.25, 0.3) is 0 Å². The molecule has 1 aliphatic rings. The number of nitrogens with zero attached hydrogens (tertiary/aromatic N) is 2. The van der Waals surface area contributed by atoms with Crippen molar-refractivity contribution in [2.75, 3.05) is 27.2 Å². The molecular formula is C21H23BrN2O3. The number of rotatable bonds is 5. The van der Waals surface area contributed by atoms with Crippen molar-refractivity contribution >= 4 is 27.7 Å². The zero-order valence-electron chi connectivity index (χ0n) is 15.5. The zero-order chi connectivity index (χ0) is 19.4. The van der Waals surface area contributed by atoms with E-state index in [0.29, 0.717) is 11.3 Å². The Hall–Kier alpha value is -2.34. The van der Waals surface area contributed by atoms with Crippen molar-refractivity contribution in [2.45, 2.75) is 18.9 Å². The molecule has 1 heterocycles. The van der Waals surface area contributed by atoms with Gasteiger partial charge in [0.15, 0.2) is 6.61 Å². The van der Waals surface area contributed by atoms with Crippen LogP contribution in [0.4, 0.5) is 0 Å². The third-order valence-electron chi connectivity index (χ3n) is 4.71. The number of carbonyl (C=O) groups is 2. The fourth-order valence-electron chi connectivity index (χ4n) is 3.20. The molecule has 2 aromatic rings. The van der Waals surface area contributed by atoms with Crippen LogP contribution in [0.5, 0.6) is 5.75 Å². The lowest BCUT2D eigenvalue weighted by atomic mass is 10.0. The number of halogens is 1. The maximum Gasteiger partial charge on any atom is 0.259 e. The molecule has 1 fully saturated rings. The lowest BCUT2D eigenvalue weighted by Crippen LogP contribution is -2.30. The monoisotopic (exact) mass is 430 g/mol. The van der Waals surface area contributed by atoms with Gasteiger partial charge in [-0.2, -0.15) is 0 Å². The molecular weight excluding hydrogens is 408 g/mol. The highest BCUT2D eigenvalue weighted by molar-refractivity contribution is 9.10. The first kappa shape index (κ1) is 19.4. The summed E-state index contributed by atoms with van der Waals surface area (Å²) in [6.45, 7) is 0.694. The Kier molecular flexibility index (Phi) is 6.16. The first-order valence-corrected chi connectivity index (χ1v) is 9.74. The van der Waals surface area contributed by atoms with Crippen LogP contribution in [0, 0.1) is 0 Å². The van der Waals surface area contributed by atoms with E-state index in [9.17, 15) is 9.59 Å². The van der Waals surface area contributed by atoms with Crippen LogP contribution in [0.3, 0.4) is 0 Å². The summed E-state index contributed by atoms with van der Waals surface area (Å²) in [5.41, 5.74) is 1.72. The second-order valence-electron chi connectivity index (χ2n) is 6.81. The molecule has 5 nitrogen and oxygen atoms in total. The van der Waals surface area contributed by atoms with E-state index in [1.807, 2.05) is 17.0 Å². The summed E-state index contributed by atoms with van der Waals surface area (Å²) in [5.74, 6) is 0.391. The van der Waals surface area contributed by atoms with E-state index in [-0.39, 0.29) is 24.5 Å². The molecule has 2 aromatic carbocycles. The van der Waals surface area contributed by atoms with Crippen LogP contribution >= 0.6 is 15.9 Å². The summed E-state index contributed by atoms with van der Waals surface area (Å²) in [4.78, 5) is 28.2. The van der Waals surface area contributed by atoms with Gasteiger partial charge in [0.25, 0.3) is 11.8 Å². The van der Waals surface area contributed by atoms with E-state index in [4.69, 9.17) is 4.74 Å². The van der Waals surface area contributed by atoms with Crippen molar-refractivity contribution in [3.05, 3.63) is 64.1 Å². The summed E-state index contributed by atoms with van der Waals surface area (Å²) in [6.07, 6.45) is 1.95. The molecule has 0 spiro atoms. The Morgan fingerprint density at radius 1 is 1.19 bits per heavy atom. The highest BCUT2D eigenvalue weighted by atomic mass is 79.9. The number of hydrogen-bond acceptors (Lipinski definition) is 3. The normalized spacial score (nSPS) is 16.3. The number of likely N-dealkylation sites (N-methyl/N-ethyl adjacent to an activating group) is 1. The Morgan fingerprint density at radius 2 is 1.93 bits per heavy atom. The molecule has 1 unspecified atom stereocenters. The maximum atomic E-state index is 13.1. The molecule has 0 aliphatic carbocycles. The minimum absolute atomic E-state index is 0.00944. The van der Waals surface area contributed by atoms with Gasteiger partial charge in [0.1, 0.15) is 5.75 Å². The average molecular weight is 431 g/mol. The maximum absolute atomic E-state index is 13.1. The summed E-state index contributed by atoms with van der Waals surface area (Å²) in [6, 6.07) is 15.3. The zero-order valence-corrected chi connectivity index (χ0v) is 17.1. The van der Waals surface area contributed by atoms with Crippen LogP contribution in [0.15, 0.2) is 53.0 Å². The predicted molar refractivity (Wildman–Crippen MR) is 108 cm³/mol. The summed E-state index contributed by atoms with van der Waals surface area (Å²) in [5, 5.41) is 0. The van der Waals surface area contributed by atoms with Crippen LogP contribution in [-0.4, -0.2) is 48.9 Å². The van der Waals surface area contributed by atoms with Crippen molar-refractivity contribution < 1.29 is 14.3 Å². The lowest BCUT2D eigenvalue weighted by Gasteiger charge is -2.25. The van der Waals surface area contributed by atoms with E-state index < -0.39 is 0 Å². The Balaban J connectivity index is 1.73. The predicted octanol–water partition coefficient (Wildman–Crippen LogP) is 3.89. The van der Waals surface area contributed by atoms with Gasteiger partial charge < -0.3 is 14.5 Å². The quantitative estimate of drug-likeness (QED) is 0.722. The molecule has 1 aliphatic heterocycles. The fourth-order valence-corrected chi connectivity index (χ4v) is 3.46. The SMILES string of the molecule is CN(C)C(=O)COc1cccc(C(=O)N2CCCC2c2ccc(Br)cc2)c1. The van der Waals surface area contributed by atoms with Crippen molar-refractivity contribution in [1.82, 2.24) is 9.80 Å². The van der Waals surface area contributed by atoms with Crippen LogP contribution < -0.4 is 4.74 Å². The van der Waals surface area contributed by atoms with Crippen molar-refractivity contribution in [2.24, 2.45) is 0 Å². The molecule has 0 N–H and O–H groups in total. The third kappa shape index (κ3) is 4.69. The van der Waals surface area contributed by atoms with Gasteiger partial charge in [-0.05, 0) is 48.7 Å². The summed E-state index contributed by atoms with van der Waals surface area (Å²) >= 11 is 3.46. The molecule has 6 heteroatoms. The van der Waals surface area contributed by atoms with Gasteiger partial charge in [-0.3, -0.25) is 9.59 Å². The Morgan fingerprint density at radius 3 is 2.63 bits per heavy atom. The summed E-state index contributed by atoms with van der Waals surface area (Å²) < 4.78 is 6.57. The van der Waals surface area contributed by atoms with E-state index in [1.165, 1.54) is 4.90 Å². The largest absolute Gasteiger partial charge is 0.484 e. The van der Waals surface area contributed by atoms with Crippen molar-refractivity contribution in [1.29, 1.82) is 0 Å². The summed E-state index contributed by atoms with van der Waals surface area (Å²) in [7, 11) is 3.36. The molecule has 1 saturated heterocycles. The first-order chi connectivity index (χ1) is 13.0. The van der Waals surface area contributed by atoms with E-state index in [1.54, 1.807) is 38.4 Å².